The number of halogens is 1. The third-order valence-corrected chi connectivity index (χ3v) is 7.96. The van der Waals surface area contributed by atoms with E-state index in [4.69, 9.17) is 11.6 Å². The summed E-state index contributed by atoms with van der Waals surface area (Å²) in [4.78, 5) is 16.7. The first-order valence-electron chi connectivity index (χ1n) is 9.54. The molecule has 1 N–H and O–H groups in total. The third-order valence-electron chi connectivity index (χ3n) is 5.40. The molecule has 6 nitrogen and oxygen atoms in total. The summed E-state index contributed by atoms with van der Waals surface area (Å²) in [6.07, 6.45) is 1.16. The van der Waals surface area contributed by atoms with E-state index >= 15 is 0 Å². The van der Waals surface area contributed by atoms with Crippen molar-refractivity contribution in [3.05, 3.63) is 29.3 Å². The lowest BCUT2D eigenvalue weighted by Gasteiger charge is -2.40. The Labute approximate surface area is 166 Å². The fourth-order valence-corrected chi connectivity index (χ4v) is 6.34. The first-order valence-corrected chi connectivity index (χ1v) is 11.6. The smallest absolute Gasteiger partial charge is 0.321 e. The average molecular weight is 414 g/mol. The summed E-state index contributed by atoms with van der Waals surface area (Å²) in [5, 5.41) is 2.95. The molecule has 0 radical (unpaired) electrons. The van der Waals surface area contributed by atoms with Crippen molar-refractivity contribution >= 4 is 33.2 Å². The van der Waals surface area contributed by atoms with Gasteiger partial charge in [0.05, 0.1) is 21.7 Å². The molecular formula is C19H28ClN3O3S. The average Bonchev–Trinajstić information content (AvgIpc) is 2.83. The highest BCUT2D eigenvalue weighted by Crippen LogP contribution is 2.29. The van der Waals surface area contributed by atoms with Crippen LogP contribution in [-0.2, 0) is 9.84 Å². The first kappa shape index (κ1) is 20.4. The predicted octanol–water partition coefficient (Wildman–Crippen LogP) is 3.09. The molecule has 2 aliphatic heterocycles. The molecule has 2 atom stereocenters. The number of hydrogen-bond acceptors (Lipinski definition) is 4. The van der Waals surface area contributed by atoms with Crippen LogP contribution in [-0.4, -0.2) is 67.5 Å². The Hall–Kier alpha value is -1.31. The number of likely N-dealkylation sites (tertiary alicyclic amines) is 1. The van der Waals surface area contributed by atoms with E-state index in [9.17, 15) is 13.2 Å². The number of urea groups is 1. The molecule has 0 unspecified atom stereocenters. The summed E-state index contributed by atoms with van der Waals surface area (Å²) in [6, 6.07) is 6.87. The van der Waals surface area contributed by atoms with Crippen molar-refractivity contribution in [3.8, 4) is 0 Å². The van der Waals surface area contributed by atoms with Gasteiger partial charge in [-0.05, 0) is 30.9 Å². The quantitative estimate of drug-likeness (QED) is 0.826. The van der Waals surface area contributed by atoms with E-state index in [1.807, 2.05) is 12.1 Å². The Balaban J connectivity index is 1.72. The largest absolute Gasteiger partial charge is 0.324 e. The maximum atomic E-state index is 12.7. The van der Waals surface area contributed by atoms with Crippen LogP contribution in [0.3, 0.4) is 0 Å². The first-order chi connectivity index (χ1) is 12.8. The van der Waals surface area contributed by atoms with Gasteiger partial charge < -0.3 is 10.2 Å². The molecule has 2 fully saturated rings. The van der Waals surface area contributed by atoms with E-state index in [0.29, 0.717) is 49.1 Å². The second-order valence-corrected chi connectivity index (χ2v) is 10.6. The maximum Gasteiger partial charge on any atom is 0.321 e. The Morgan fingerprint density at radius 1 is 1.22 bits per heavy atom. The van der Waals surface area contributed by atoms with E-state index in [1.165, 1.54) is 0 Å². The van der Waals surface area contributed by atoms with Crippen LogP contribution in [0, 0.1) is 5.92 Å². The van der Waals surface area contributed by atoms with Gasteiger partial charge in [-0.15, -0.1) is 0 Å². The van der Waals surface area contributed by atoms with Gasteiger partial charge in [0.2, 0.25) is 0 Å². The number of nitrogens with one attached hydrogen (secondary N) is 1. The van der Waals surface area contributed by atoms with Gasteiger partial charge in [0.25, 0.3) is 0 Å². The minimum Gasteiger partial charge on any atom is -0.324 e. The fraction of sp³-hybridized carbons (Fsp3) is 0.632. The number of anilines is 1. The summed E-state index contributed by atoms with van der Waals surface area (Å²) < 4.78 is 25.3. The third kappa shape index (κ3) is 4.76. The van der Waals surface area contributed by atoms with E-state index in [2.05, 4.69) is 24.1 Å². The molecule has 2 amide bonds. The topological polar surface area (TPSA) is 69.7 Å². The van der Waals surface area contributed by atoms with Crippen LogP contribution in [0.5, 0.6) is 0 Å². The molecule has 0 aromatic heterocycles. The van der Waals surface area contributed by atoms with Crippen LogP contribution in [0.4, 0.5) is 10.5 Å². The molecule has 150 valence electrons. The van der Waals surface area contributed by atoms with Gasteiger partial charge in [-0.1, -0.05) is 37.6 Å². The van der Waals surface area contributed by atoms with E-state index in [0.717, 1.165) is 6.54 Å². The number of sulfone groups is 1. The SMILES string of the molecule is CC(C)CN1CCS(=O)(=O)[C@H]2CCN(C(=O)Nc3ccccc3Cl)CC[C@@H]21. The Kier molecular flexibility index (Phi) is 6.33. The van der Waals surface area contributed by atoms with Crippen molar-refractivity contribution in [3.63, 3.8) is 0 Å². The highest BCUT2D eigenvalue weighted by molar-refractivity contribution is 7.92. The molecule has 2 heterocycles. The fourth-order valence-electron chi connectivity index (χ4n) is 4.12. The van der Waals surface area contributed by atoms with Crippen LogP contribution >= 0.6 is 11.6 Å². The van der Waals surface area contributed by atoms with Gasteiger partial charge in [0, 0.05) is 32.2 Å². The van der Waals surface area contributed by atoms with Crippen LogP contribution in [0.15, 0.2) is 24.3 Å². The van der Waals surface area contributed by atoms with Crippen LogP contribution in [0.1, 0.15) is 26.7 Å². The molecule has 1 aromatic rings. The predicted molar refractivity (Wildman–Crippen MR) is 109 cm³/mol. The highest BCUT2D eigenvalue weighted by Gasteiger charge is 2.43. The van der Waals surface area contributed by atoms with Crippen molar-refractivity contribution in [1.82, 2.24) is 9.80 Å². The minimum absolute atomic E-state index is 0.00994. The van der Waals surface area contributed by atoms with E-state index in [-0.39, 0.29) is 23.1 Å². The summed E-state index contributed by atoms with van der Waals surface area (Å²) in [7, 11) is -3.11. The maximum absolute atomic E-state index is 12.7. The second kappa shape index (κ2) is 8.37. The van der Waals surface area contributed by atoms with Crippen LogP contribution in [0.25, 0.3) is 0 Å². The van der Waals surface area contributed by atoms with Gasteiger partial charge in [0.1, 0.15) is 0 Å². The number of carbonyl (C=O) groups is 1. The van der Waals surface area contributed by atoms with Crippen molar-refractivity contribution < 1.29 is 13.2 Å². The van der Waals surface area contributed by atoms with Crippen molar-refractivity contribution in [2.24, 2.45) is 5.92 Å². The lowest BCUT2D eigenvalue weighted by atomic mass is 10.0. The van der Waals surface area contributed by atoms with Gasteiger partial charge in [-0.2, -0.15) is 0 Å². The molecular weight excluding hydrogens is 386 g/mol. The summed E-state index contributed by atoms with van der Waals surface area (Å²) in [5.41, 5.74) is 0.569. The monoisotopic (exact) mass is 413 g/mol. The van der Waals surface area contributed by atoms with Gasteiger partial charge in [-0.3, -0.25) is 4.90 Å². The number of hydrogen-bond donors (Lipinski definition) is 1. The number of rotatable bonds is 3. The normalized spacial score (nSPS) is 25.7. The molecule has 1 aromatic carbocycles. The Morgan fingerprint density at radius 3 is 2.63 bits per heavy atom. The second-order valence-electron chi connectivity index (χ2n) is 7.84. The zero-order valence-corrected chi connectivity index (χ0v) is 17.5. The van der Waals surface area contributed by atoms with Crippen LogP contribution in [0.2, 0.25) is 5.02 Å². The van der Waals surface area contributed by atoms with E-state index in [1.54, 1.807) is 17.0 Å². The van der Waals surface area contributed by atoms with Crippen LogP contribution < -0.4 is 5.32 Å². The number of carbonyl (C=O) groups excluding carboxylic acids is 1. The standard InChI is InChI=1S/C19H28ClN3O3S/c1-14(2)13-23-11-12-27(25,26)18-8-10-22(9-7-17(18)23)19(24)21-16-6-4-3-5-15(16)20/h3-6,14,17-18H,7-13H2,1-2H3,(H,21,24)/t17-,18-/m0/s1. The van der Waals surface area contributed by atoms with E-state index < -0.39 is 9.84 Å². The van der Waals surface area contributed by atoms with Crippen molar-refractivity contribution in [2.45, 2.75) is 38.0 Å². The number of amides is 2. The lowest BCUT2D eigenvalue weighted by molar-refractivity contribution is 0.161. The Morgan fingerprint density at radius 2 is 1.93 bits per heavy atom. The minimum atomic E-state index is -3.11. The molecule has 2 saturated heterocycles. The van der Waals surface area contributed by atoms with Gasteiger partial charge >= 0.3 is 6.03 Å². The molecule has 0 spiro atoms. The van der Waals surface area contributed by atoms with Crippen molar-refractivity contribution in [2.75, 3.05) is 37.2 Å². The van der Waals surface area contributed by atoms with Crippen molar-refractivity contribution in [1.29, 1.82) is 0 Å². The molecule has 2 aliphatic rings. The zero-order valence-electron chi connectivity index (χ0n) is 15.9. The van der Waals surface area contributed by atoms with Gasteiger partial charge in [-0.25, -0.2) is 13.2 Å². The molecule has 0 aliphatic carbocycles. The number of fused-ring (bicyclic) bond motifs is 1. The molecule has 0 bridgehead atoms. The molecule has 27 heavy (non-hydrogen) atoms. The number of benzene rings is 1. The molecule has 8 heteroatoms. The summed E-state index contributed by atoms with van der Waals surface area (Å²) in [6.45, 7) is 6.76. The molecule has 0 saturated carbocycles. The highest BCUT2D eigenvalue weighted by atomic mass is 35.5. The zero-order chi connectivity index (χ0) is 19.6. The summed E-state index contributed by atoms with van der Waals surface area (Å²) in [5.74, 6) is 0.696. The lowest BCUT2D eigenvalue weighted by Crippen LogP contribution is -2.55. The number of nitrogens with zero attached hydrogens (tertiary/aromatic N) is 2. The molecule has 3 rings (SSSR count). The summed E-state index contributed by atoms with van der Waals surface area (Å²) >= 11 is 6.12. The van der Waals surface area contributed by atoms with Gasteiger partial charge in [0.15, 0.2) is 9.84 Å². The number of para-hydroxylation sites is 1. The Bertz CT molecular complexity index is 784.